The second-order valence-electron chi connectivity index (χ2n) is 7.71. The summed E-state index contributed by atoms with van der Waals surface area (Å²) in [5.41, 5.74) is 6.62. The average Bonchev–Trinajstić information content (AvgIpc) is 2.61. The van der Waals surface area contributed by atoms with Crippen LogP contribution >= 0.6 is 0 Å². The standard InChI is InChI=1S/C22H27N3O2/c1-15-6-12-19(13-7-15)23-20(26)14-16(2)24-25-21(27)17-8-10-18(11-9-17)22(3,4)5/h6-13H,14H2,1-5H3,(H,23,26)(H,25,27)/b24-16-. The first-order chi connectivity index (χ1) is 12.6. The van der Waals surface area contributed by atoms with E-state index in [4.69, 9.17) is 0 Å². The lowest BCUT2D eigenvalue weighted by molar-refractivity contribution is -0.115. The number of rotatable bonds is 5. The van der Waals surface area contributed by atoms with Gasteiger partial charge < -0.3 is 5.32 Å². The maximum atomic E-state index is 12.2. The molecule has 0 spiro atoms. The average molecular weight is 365 g/mol. The van der Waals surface area contributed by atoms with E-state index in [2.05, 4.69) is 36.6 Å². The van der Waals surface area contributed by atoms with Crippen LogP contribution in [0.25, 0.3) is 0 Å². The molecule has 5 heteroatoms. The van der Waals surface area contributed by atoms with E-state index in [9.17, 15) is 9.59 Å². The van der Waals surface area contributed by atoms with Crippen molar-refractivity contribution in [3.05, 3.63) is 65.2 Å². The van der Waals surface area contributed by atoms with E-state index < -0.39 is 0 Å². The Morgan fingerprint density at radius 3 is 2.11 bits per heavy atom. The highest BCUT2D eigenvalue weighted by molar-refractivity contribution is 6.06. The van der Waals surface area contributed by atoms with Gasteiger partial charge in [0.2, 0.25) is 5.91 Å². The zero-order valence-electron chi connectivity index (χ0n) is 16.6. The van der Waals surface area contributed by atoms with Crippen LogP contribution in [0, 0.1) is 6.92 Å². The molecule has 0 saturated heterocycles. The number of hydrogen-bond donors (Lipinski definition) is 2. The van der Waals surface area contributed by atoms with Crippen LogP contribution in [-0.2, 0) is 10.2 Å². The van der Waals surface area contributed by atoms with E-state index in [1.807, 2.05) is 43.3 Å². The molecule has 0 heterocycles. The third-order valence-electron chi connectivity index (χ3n) is 4.11. The maximum Gasteiger partial charge on any atom is 0.271 e. The molecule has 142 valence electrons. The summed E-state index contributed by atoms with van der Waals surface area (Å²) in [6.45, 7) is 10.1. The molecule has 2 aromatic carbocycles. The van der Waals surface area contributed by atoms with Crippen molar-refractivity contribution in [1.29, 1.82) is 0 Å². The molecule has 2 amide bonds. The van der Waals surface area contributed by atoms with Gasteiger partial charge in [0.25, 0.3) is 5.91 Å². The van der Waals surface area contributed by atoms with Crippen molar-refractivity contribution in [3.8, 4) is 0 Å². The number of hydrazone groups is 1. The Bertz CT molecular complexity index is 829. The molecule has 0 bridgehead atoms. The molecule has 5 nitrogen and oxygen atoms in total. The lowest BCUT2D eigenvalue weighted by Crippen LogP contribution is -2.21. The molecule has 0 unspecified atom stereocenters. The van der Waals surface area contributed by atoms with Gasteiger partial charge in [-0.05, 0) is 49.1 Å². The summed E-state index contributed by atoms with van der Waals surface area (Å²) in [6.07, 6.45) is 0.108. The van der Waals surface area contributed by atoms with Gasteiger partial charge >= 0.3 is 0 Å². The van der Waals surface area contributed by atoms with Crippen molar-refractivity contribution in [2.75, 3.05) is 5.32 Å². The zero-order chi connectivity index (χ0) is 20.0. The summed E-state index contributed by atoms with van der Waals surface area (Å²) in [7, 11) is 0. The number of nitrogens with one attached hydrogen (secondary N) is 2. The summed E-state index contributed by atoms with van der Waals surface area (Å²) in [4.78, 5) is 24.2. The van der Waals surface area contributed by atoms with Gasteiger partial charge in [-0.2, -0.15) is 5.10 Å². The summed E-state index contributed by atoms with van der Waals surface area (Å²) in [6, 6.07) is 15.0. The van der Waals surface area contributed by atoms with Gasteiger partial charge in [0.1, 0.15) is 0 Å². The second kappa shape index (κ2) is 8.62. The number of anilines is 1. The molecule has 0 radical (unpaired) electrons. The van der Waals surface area contributed by atoms with Crippen LogP contribution in [0.2, 0.25) is 0 Å². The van der Waals surface area contributed by atoms with E-state index in [1.165, 1.54) is 0 Å². The third-order valence-corrected chi connectivity index (χ3v) is 4.11. The molecular weight excluding hydrogens is 338 g/mol. The smallest absolute Gasteiger partial charge is 0.271 e. The summed E-state index contributed by atoms with van der Waals surface area (Å²) in [5.74, 6) is -0.474. The van der Waals surface area contributed by atoms with E-state index in [0.717, 1.165) is 16.8 Å². The van der Waals surface area contributed by atoms with Crippen LogP contribution in [-0.4, -0.2) is 17.5 Å². The molecule has 2 aromatic rings. The van der Waals surface area contributed by atoms with Crippen molar-refractivity contribution < 1.29 is 9.59 Å². The van der Waals surface area contributed by atoms with Gasteiger partial charge in [-0.25, -0.2) is 5.43 Å². The van der Waals surface area contributed by atoms with Gasteiger partial charge in [0.05, 0.1) is 6.42 Å². The fourth-order valence-corrected chi connectivity index (χ4v) is 2.45. The maximum absolute atomic E-state index is 12.2. The summed E-state index contributed by atoms with van der Waals surface area (Å²) >= 11 is 0. The number of carbonyl (C=O) groups is 2. The Hall–Kier alpha value is -2.95. The molecule has 27 heavy (non-hydrogen) atoms. The number of carbonyl (C=O) groups excluding carboxylic acids is 2. The highest BCUT2D eigenvalue weighted by atomic mass is 16.2. The Labute approximate surface area is 160 Å². The van der Waals surface area contributed by atoms with Crippen LogP contribution in [0.5, 0.6) is 0 Å². The first kappa shape index (κ1) is 20.4. The number of nitrogens with zero attached hydrogens (tertiary/aromatic N) is 1. The molecular formula is C22H27N3O2. The van der Waals surface area contributed by atoms with Crippen LogP contribution in [0.15, 0.2) is 53.6 Å². The largest absolute Gasteiger partial charge is 0.326 e. The highest BCUT2D eigenvalue weighted by Crippen LogP contribution is 2.22. The molecule has 2 N–H and O–H groups in total. The van der Waals surface area contributed by atoms with Gasteiger partial charge in [0.15, 0.2) is 0 Å². The minimum Gasteiger partial charge on any atom is -0.326 e. The van der Waals surface area contributed by atoms with Crippen molar-refractivity contribution in [2.24, 2.45) is 5.10 Å². The molecule has 0 saturated carbocycles. The van der Waals surface area contributed by atoms with Crippen molar-refractivity contribution in [2.45, 2.75) is 46.5 Å². The summed E-state index contributed by atoms with van der Waals surface area (Å²) < 4.78 is 0. The fraction of sp³-hybridized carbons (Fsp3) is 0.318. The number of amides is 2. The highest BCUT2D eigenvalue weighted by Gasteiger charge is 2.14. The Morgan fingerprint density at radius 1 is 0.963 bits per heavy atom. The minimum absolute atomic E-state index is 0.0363. The molecule has 0 fully saturated rings. The Kier molecular flexibility index (Phi) is 6.50. The van der Waals surface area contributed by atoms with Crippen LogP contribution in [0.4, 0.5) is 5.69 Å². The minimum atomic E-state index is -0.297. The van der Waals surface area contributed by atoms with E-state index >= 15 is 0 Å². The van der Waals surface area contributed by atoms with Crippen LogP contribution in [0.3, 0.4) is 0 Å². The molecule has 0 aromatic heterocycles. The number of benzene rings is 2. The number of aryl methyl sites for hydroxylation is 1. The van der Waals surface area contributed by atoms with Crippen molar-refractivity contribution in [3.63, 3.8) is 0 Å². The predicted octanol–water partition coefficient (Wildman–Crippen LogP) is 4.43. The topological polar surface area (TPSA) is 70.6 Å². The molecule has 0 aliphatic carbocycles. The van der Waals surface area contributed by atoms with E-state index in [-0.39, 0.29) is 23.7 Å². The molecule has 2 rings (SSSR count). The molecule has 0 aliphatic heterocycles. The predicted molar refractivity (Wildman–Crippen MR) is 110 cm³/mol. The van der Waals surface area contributed by atoms with Gasteiger partial charge in [-0.15, -0.1) is 0 Å². The zero-order valence-corrected chi connectivity index (χ0v) is 16.6. The molecule has 0 aliphatic rings. The summed E-state index contributed by atoms with van der Waals surface area (Å²) in [5, 5.41) is 6.83. The number of hydrogen-bond acceptors (Lipinski definition) is 3. The van der Waals surface area contributed by atoms with E-state index in [1.54, 1.807) is 19.1 Å². The first-order valence-corrected chi connectivity index (χ1v) is 8.96. The van der Waals surface area contributed by atoms with Crippen LogP contribution < -0.4 is 10.7 Å². The monoisotopic (exact) mass is 365 g/mol. The third kappa shape index (κ3) is 6.37. The first-order valence-electron chi connectivity index (χ1n) is 8.96. The van der Waals surface area contributed by atoms with Crippen LogP contribution in [0.1, 0.15) is 55.6 Å². The fourth-order valence-electron chi connectivity index (χ4n) is 2.45. The van der Waals surface area contributed by atoms with Crippen molar-refractivity contribution in [1.82, 2.24) is 5.43 Å². The van der Waals surface area contributed by atoms with E-state index in [0.29, 0.717) is 11.3 Å². The molecule has 0 atom stereocenters. The lowest BCUT2D eigenvalue weighted by atomic mass is 9.87. The lowest BCUT2D eigenvalue weighted by Gasteiger charge is -2.18. The quantitative estimate of drug-likeness (QED) is 0.608. The van der Waals surface area contributed by atoms with Crippen molar-refractivity contribution >= 4 is 23.2 Å². The van der Waals surface area contributed by atoms with Gasteiger partial charge in [-0.3, -0.25) is 9.59 Å². The van der Waals surface area contributed by atoms with Gasteiger partial charge in [0, 0.05) is 17.0 Å². The second-order valence-corrected chi connectivity index (χ2v) is 7.71. The van der Waals surface area contributed by atoms with Gasteiger partial charge in [-0.1, -0.05) is 50.6 Å². The Balaban J connectivity index is 1.89. The Morgan fingerprint density at radius 2 is 1.56 bits per heavy atom. The SMILES string of the molecule is C/C(CC(=O)Nc1ccc(C)cc1)=N/NC(=O)c1ccc(C(C)(C)C)cc1. The normalized spacial score (nSPS) is 11.8.